The molecule has 0 radical (unpaired) electrons. The molecule has 22 heavy (non-hydrogen) atoms. The Morgan fingerprint density at radius 3 is 2.64 bits per heavy atom. The molecule has 2 nitrogen and oxygen atoms in total. The van der Waals surface area contributed by atoms with Gasteiger partial charge in [-0.1, -0.05) is 32.9 Å². The first-order valence-corrected chi connectivity index (χ1v) is 8.50. The van der Waals surface area contributed by atoms with Crippen molar-refractivity contribution in [3.05, 3.63) is 35.6 Å². The molecule has 0 spiro atoms. The van der Waals surface area contributed by atoms with Gasteiger partial charge >= 0.3 is 7.12 Å². The van der Waals surface area contributed by atoms with Crippen LogP contribution in [0.1, 0.15) is 39.2 Å². The van der Waals surface area contributed by atoms with Crippen molar-refractivity contribution in [2.45, 2.75) is 58.1 Å². The highest BCUT2D eigenvalue weighted by Crippen LogP contribution is 2.61. The van der Waals surface area contributed by atoms with Crippen LogP contribution in [0, 0.1) is 23.1 Å². The Morgan fingerprint density at radius 2 is 1.95 bits per heavy atom. The third kappa shape index (κ3) is 2.23. The van der Waals surface area contributed by atoms with Crippen molar-refractivity contribution in [3.8, 4) is 0 Å². The van der Waals surface area contributed by atoms with Crippen LogP contribution in [0.15, 0.2) is 24.3 Å². The van der Waals surface area contributed by atoms with E-state index in [1.54, 1.807) is 0 Å². The third-order valence-corrected chi connectivity index (χ3v) is 6.36. The minimum absolute atomic E-state index is 0.116. The fourth-order valence-corrected chi connectivity index (χ4v) is 4.72. The average molecular weight is 302 g/mol. The van der Waals surface area contributed by atoms with E-state index in [9.17, 15) is 4.39 Å². The van der Waals surface area contributed by atoms with Gasteiger partial charge < -0.3 is 9.31 Å². The normalized spacial score (nSPS) is 36.6. The Kier molecular flexibility index (Phi) is 3.39. The molecule has 1 unspecified atom stereocenters. The lowest BCUT2D eigenvalue weighted by molar-refractivity contribution is -0.150. The molecule has 1 aliphatic heterocycles. The van der Waals surface area contributed by atoms with Crippen molar-refractivity contribution in [3.63, 3.8) is 0 Å². The molecular weight excluding hydrogens is 278 g/mol. The number of hydrogen-bond acceptors (Lipinski definition) is 2. The molecule has 0 aromatic heterocycles. The Bertz CT molecular complexity index is 559. The van der Waals surface area contributed by atoms with E-state index in [4.69, 9.17) is 9.31 Å². The largest absolute Gasteiger partial charge is 0.460 e. The molecule has 1 saturated heterocycles. The molecule has 1 heterocycles. The van der Waals surface area contributed by atoms with Gasteiger partial charge in [-0.3, -0.25) is 0 Å². The van der Waals surface area contributed by atoms with E-state index in [1.165, 1.54) is 18.6 Å². The number of rotatable bonds is 3. The van der Waals surface area contributed by atoms with Gasteiger partial charge in [0.25, 0.3) is 0 Å². The summed E-state index contributed by atoms with van der Waals surface area (Å²) in [7, 11) is -0.116. The van der Waals surface area contributed by atoms with Crippen LogP contribution in [-0.4, -0.2) is 19.3 Å². The highest BCUT2D eigenvalue weighted by atomic mass is 19.1. The number of benzene rings is 1. The minimum Gasteiger partial charge on any atom is -0.405 e. The summed E-state index contributed by atoms with van der Waals surface area (Å²) in [6.07, 6.45) is 3.88. The highest BCUT2D eigenvalue weighted by Gasteiger charge is 2.62. The van der Waals surface area contributed by atoms with Crippen LogP contribution in [-0.2, 0) is 15.7 Å². The Balaban J connectivity index is 1.41. The predicted octanol–water partition coefficient (Wildman–Crippen LogP) is 4.10. The van der Waals surface area contributed by atoms with E-state index in [2.05, 4.69) is 20.8 Å². The lowest BCUT2D eigenvalue weighted by Gasteiger charge is -2.60. The van der Waals surface area contributed by atoms with E-state index in [1.807, 2.05) is 12.1 Å². The molecule has 1 aromatic carbocycles. The van der Waals surface area contributed by atoms with Crippen LogP contribution in [0.25, 0.3) is 0 Å². The summed E-state index contributed by atoms with van der Waals surface area (Å²) in [4.78, 5) is 0. The van der Waals surface area contributed by atoms with Crippen molar-refractivity contribution < 1.29 is 13.7 Å². The molecular formula is C18H24BFO2. The Hall–Kier alpha value is -0.865. The van der Waals surface area contributed by atoms with E-state index >= 15 is 0 Å². The average Bonchev–Trinajstić information content (AvgIpc) is 2.93. The summed E-state index contributed by atoms with van der Waals surface area (Å²) in [6.45, 7) is 6.92. The second-order valence-corrected chi connectivity index (χ2v) is 8.05. The maximum absolute atomic E-state index is 13.0. The zero-order chi connectivity index (χ0) is 15.5. The molecule has 4 aliphatic rings. The molecule has 4 fully saturated rings. The first-order chi connectivity index (χ1) is 10.4. The molecule has 0 N–H and O–H groups in total. The standard InChI is InChI=1S/C18H24BFO2/c1-11(8-12-4-6-14(20)7-5-12)19-21-16-10-13-9-15(17(16)22-19)18(13,2)3/h4-7,11,13,15-17H,8-10H2,1-3H3/t11-,13+,15-,16-,17?/m1/s1. The zero-order valence-corrected chi connectivity index (χ0v) is 13.6. The molecule has 3 saturated carbocycles. The van der Waals surface area contributed by atoms with Crippen LogP contribution in [0.4, 0.5) is 4.39 Å². The van der Waals surface area contributed by atoms with Gasteiger partial charge in [-0.15, -0.1) is 0 Å². The third-order valence-electron chi connectivity index (χ3n) is 6.36. The van der Waals surface area contributed by atoms with E-state index in [0.717, 1.165) is 24.3 Å². The van der Waals surface area contributed by atoms with Gasteiger partial charge in [-0.2, -0.15) is 0 Å². The smallest absolute Gasteiger partial charge is 0.405 e. The zero-order valence-electron chi connectivity index (χ0n) is 13.6. The Morgan fingerprint density at radius 1 is 1.23 bits per heavy atom. The highest BCUT2D eigenvalue weighted by molar-refractivity contribution is 6.47. The maximum Gasteiger partial charge on any atom is 0.460 e. The molecule has 4 heteroatoms. The molecule has 118 valence electrons. The minimum atomic E-state index is -0.183. The molecule has 3 aliphatic carbocycles. The second-order valence-electron chi connectivity index (χ2n) is 8.05. The second kappa shape index (κ2) is 5.07. The van der Waals surface area contributed by atoms with Crippen molar-refractivity contribution in [1.82, 2.24) is 0 Å². The molecule has 5 atom stereocenters. The summed E-state index contributed by atoms with van der Waals surface area (Å²) in [5.41, 5.74) is 1.56. The first-order valence-electron chi connectivity index (χ1n) is 8.50. The van der Waals surface area contributed by atoms with Gasteiger partial charge in [0.1, 0.15) is 5.82 Å². The van der Waals surface area contributed by atoms with Crippen LogP contribution >= 0.6 is 0 Å². The lowest BCUT2D eigenvalue weighted by atomic mass is 9.47. The van der Waals surface area contributed by atoms with Gasteiger partial charge in [0, 0.05) is 0 Å². The summed E-state index contributed by atoms with van der Waals surface area (Å²) in [5.74, 6) is 1.56. The number of hydrogen-bond donors (Lipinski definition) is 0. The van der Waals surface area contributed by atoms with Gasteiger partial charge in [-0.25, -0.2) is 4.39 Å². The molecule has 0 amide bonds. The van der Waals surface area contributed by atoms with Gasteiger partial charge in [-0.05, 0) is 60.0 Å². The van der Waals surface area contributed by atoms with Crippen LogP contribution in [0.2, 0.25) is 5.82 Å². The SMILES string of the molecule is C[C@H](Cc1ccc(F)cc1)B1OC2[C@H]3C[C@@H](C[C@H]2O1)C3(C)C. The van der Waals surface area contributed by atoms with E-state index in [-0.39, 0.29) is 31.0 Å². The van der Waals surface area contributed by atoms with Crippen molar-refractivity contribution in [2.24, 2.45) is 17.3 Å². The summed E-state index contributed by atoms with van der Waals surface area (Å²) < 4.78 is 25.5. The Labute approximate surface area is 132 Å². The van der Waals surface area contributed by atoms with Crippen LogP contribution in [0.5, 0.6) is 0 Å². The molecule has 2 bridgehead atoms. The quantitative estimate of drug-likeness (QED) is 0.783. The lowest BCUT2D eigenvalue weighted by Crippen LogP contribution is -2.59. The van der Waals surface area contributed by atoms with E-state index in [0.29, 0.717) is 11.3 Å². The van der Waals surface area contributed by atoms with Crippen LogP contribution in [0.3, 0.4) is 0 Å². The summed E-state index contributed by atoms with van der Waals surface area (Å²) in [5, 5.41) is 0. The van der Waals surface area contributed by atoms with Crippen molar-refractivity contribution in [1.29, 1.82) is 0 Å². The fourth-order valence-electron chi connectivity index (χ4n) is 4.72. The fraction of sp³-hybridized carbons (Fsp3) is 0.667. The number of halogens is 1. The monoisotopic (exact) mass is 302 g/mol. The maximum atomic E-state index is 13.0. The van der Waals surface area contributed by atoms with Gasteiger partial charge in [0.2, 0.25) is 0 Å². The van der Waals surface area contributed by atoms with Crippen LogP contribution < -0.4 is 0 Å². The molecule has 5 rings (SSSR count). The van der Waals surface area contributed by atoms with Gasteiger partial charge in [0.05, 0.1) is 12.2 Å². The molecule has 1 aromatic rings. The summed E-state index contributed by atoms with van der Waals surface area (Å²) in [6, 6.07) is 6.76. The van der Waals surface area contributed by atoms with Gasteiger partial charge in [0.15, 0.2) is 0 Å². The van der Waals surface area contributed by atoms with E-state index < -0.39 is 0 Å². The van der Waals surface area contributed by atoms with Crippen molar-refractivity contribution in [2.75, 3.05) is 0 Å². The topological polar surface area (TPSA) is 18.5 Å². The van der Waals surface area contributed by atoms with Crippen molar-refractivity contribution >= 4 is 7.12 Å². The predicted molar refractivity (Wildman–Crippen MR) is 85.0 cm³/mol. The first kappa shape index (κ1) is 14.7. The summed E-state index contributed by atoms with van der Waals surface area (Å²) >= 11 is 0.